The van der Waals surface area contributed by atoms with Crippen LogP contribution in [-0.2, 0) is 10.9 Å². The van der Waals surface area contributed by atoms with E-state index in [0.717, 1.165) is 29.0 Å². The number of halogens is 3. The molecular formula is C15H15F3N2O. The summed E-state index contributed by atoms with van der Waals surface area (Å²) in [6.07, 6.45) is -0.967. The minimum absolute atomic E-state index is 0.572. The van der Waals surface area contributed by atoms with Gasteiger partial charge in [-0.2, -0.15) is 18.3 Å². The van der Waals surface area contributed by atoms with E-state index in [-0.39, 0.29) is 0 Å². The van der Waals surface area contributed by atoms with Crippen LogP contribution in [0, 0.1) is 6.92 Å². The van der Waals surface area contributed by atoms with E-state index in [2.05, 4.69) is 5.10 Å². The van der Waals surface area contributed by atoms with E-state index < -0.39 is 11.7 Å². The predicted octanol–water partition coefficient (Wildman–Crippen LogP) is 4.21. The summed E-state index contributed by atoms with van der Waals surface area (Å²) < 4.78 is 44.1. The van der Waals surface area contributed by atoms with E-state index in [1.165, 1.54) is 12.1 Å². The summed E-state index contributed by atoms with van der Waals surface area (Å²) in [5.41, 5.74) is 2.46. The molecule has 0 aliphatic carbocycles. The van der Waals surface area contributed by atoms with Crippen LogP contribution >= 0.6 is 0 Å². The van der Waals surface area contributed by atoms with Gasteiger partial charge >= 0.3 is 6.18 Å². The van der Waals surface area contributed by atoms with Crippen molar-refractivity contribution in [2.75, 3.05) is 7.11 Å². The Balaban J connectivity index is 2.35. The second kappa shape index (κ2) is 5.63. The van der Waals surface area contributed by atoms with Crippen molar-refractivity contribution in [3.63, 3.8) is 0 Å². The van der Waals surface area contributed by atoms with E-state index in [4.69, 9.17) is 4.74 Å². The minimum Gasteiger partial charge on any atom is -0.504 e. The summed E-state index contributed by atoms with van der Waals surface area (Å²) in [6, 6.07) is 4.89. The molecule has 1 heterocycles. The van der Waals surface area contributed by atoms with E-state index in [0.29, 0.717) is 5.69 Å². The van der Waals surface area contributed by atoms with Crippen LogP contribution in [0.2, 0.25) is 0 Å². The van der Waals surface area contributed by atoms with Crippen molar-refractivity contribution in [2.45, 2.75) is 20.0 Å². The fraction of sp³-hybridized carbons (Fsp3) is 0.267. The number of methoxy groups -OCH3 is 1. The van der Waals surface area contributed by atoms with Gasteiger partial charge in [-0.3, -0.25) is 0 Å². The molecule has 1 aromatic carbocycles. The first-order valence-electron chi connectivity index (χ1n) is 6.27. The molecule has 0 unspecified atom stereocenters. The van der Waals surface area contributed by atoms with Gasteiger partial charge in [0.1, 0.15) is 0 Å². The molecule has 112 valence electrons. The van der Waals surface area contributed by atoms with Crippen LogP contribution in [-0.4, -0.2) is 16.9 Å². The van der Waals surface area contributed by atoms with Gasteiger partial charge in [0.05, 0.1) is 30.3 Å². The van der Waals surface area contributed by atoms with Crippen LogP contribution in [0.5, 0.6) is 0 Å². The first-order valence-corrected chi connectivity index (χ1v) is 6.27. The van der Waals surface area contributed by atoms with Crippen LogP contribution in [0.4, 0.5) is 13.2 Å². The fourth-order valence-corrected chi connectivity index (χ4v) is 2.02. The maximum atomic E-state index is 12.5. The van der Waals surface area contributed by atoms with Crippen molar-refractivity contribution in [3.05, 3.63) is 53.5 Å². The summed E-state index contributed by atoms with van der Waals surface area (Å²) in [5, 5.41) is 4.32. The Hall–Kier alpha value is -2.24. The van der Waals surface area contributed by atoms with Crippen molar-refractivity contribution >= 4 is 5.57 Å². The van der Waals surface area contributed by atoms with Gasteiger partial charge in [-0.05, 0) is 43.7 Å². The number of aryl methyl sites for hydroxylation is 1. The van der Waals surface area contributed by atoms with Crippen LogP contribution < -0.4 is 0 Å². The Morgan fingerprint density at radius 2 is 1.86 bits per heavy atom. The number of hydrogen-bond donors (Lipinski definition) is 0. The van der Waals surface area contributed by atoms with Crippen molar-refractivity contribution in [1.82, 2.24) is 9.78 Å². The summed E-state index contributed by atoms with van der Waals surface area (Å²) in [6.45, 7) is 3.72. The van der Waals surface area contributed by atoms with E-state index >= 15 is 0 Å². The van der Waals surface area contributed by atoms with Gasteiger partial charge in [0.15, 0.2) is 0 Å². The Bertz CT molecular complexity index is 655. The highest BCUT2D eigenvalue weighted by atomic mass is 19.4. The molecule has 0 aliphatic rings. The molecule has 0 amide bonds. The lowest BCUT2D eigenvalue weighted by Crippen LogP contribution is -2.05. The maximum Gasteiger partial charge on any atom is 0.416 e. The highest BCUT2D eigenvalue weighted by Crippen LogP contribution is 2.29. The summed E-state index contributed by atoms with van der Waals surface area (Å²) in [7, 11) is 1.55. The van der Waals surface area contributed by atoms with Gasteiger partial charge < -0.3 is 4.74 Å². The first kappa shape index (κ1) is 15.2. The molecular weight excluding hydrogens is 281 g/mol. The number of hydrogen-bond acceptors (Lipinski definition) is 2. The zero-order valence-corrected chi connectivity index (χ0v) is 11.9. The standard InChI is InChI=1S/C15H15F3N2O/c1-10(9-21-3)14-8-20(19-11(14)2)13-6-4-12(5-7-13)15(16,17)18/h4-9H,1-3H3. The average molecular weight is 296 g/mol. The molecule has 0 spiro atoms. The monoisotopic (exact) mass is 296 g/mol. The topological polar surface area (TPSA) is 27.1 Å². The van der Waals surface area contributed by atoms with E-state index in [1.807, 2.05) is 13.8 Å². The summed E-state index contributed by atoms with van der Waals surface area (Å²) >= 11 is 0. The normalized spacial score (nSPS) is 12.6. The predicted molar refractivity (Wildman–Crippen MR) is 74.0 cm³/mol. The van der Waals surface area contributed by atoms with Gasteiger partial charge in [0, 0.05) is 11.8 Å². The molecule has 0 fully saturated rings. The van der Waals surface area contributed by atoms with Gasteiger partial charge in [-0.25, -0.2) is 4.68 Å². The van der Waals surface area contributed by atoms with Gasteiger partial charge in [-0.1, -0.05) is 0 Å². The number of ether oxygens (including phenoxy) is 1. The molecule has 0 N–H and O–H groups in total. The molecule has 0 aliphatic heterocycles. The number of aromatic nitrogens is 2. The second-order valence-corrected chi connectivity index (χ2v) is 4.65. The van der Waals surface area contributed by atoms with Crippen molar-refractivity contribution in [1.29, 1.82) is 0 Å². The lowest BCUT2D eigenvalue weighted by molar-refractivity contribution is -0.137. The maximum absolute atomic E-state index is 12.5. The molecule has 6 heteroatoms. The van der Waals surface area contributed by atoms with Crippen LogP contribution in [0.3, 0.4) is 0 Å². The second-order valence-electron chi connectivity index (χ2n) is 4.65. The lowest BCUT2D eigenvalue weighted by atomic mass is 10.1. The molecule has 0 bridgehead atoms. The molecule has 1 aromatic heterocycles. The van der Waals surface area contributed by atoms with Gasteiger partial charge in [0.25, 0.3) is 0 Å². The highest BCUT2D eigenvalue weighted by molar-refractivity contribution is 5.64. The Morgan fingerprint density at radius 3 is 2.38 bits per heavy atom. The first-order chi connectivity index (χ1) is 9.82. The summed E-state index contributed by atoms with van der Waals surface area (Å²) in [4.78, 5) is 0. The van der Waals surface area contributed by atoms with Crippen LogP contribution in [0.1, 0.15) is 23.7 Å². The minimum atomic E-state index is -4.33. The van der Waals surface area contributed by atoms with Crippen molar-refractivity contribution in [2.24, 2.45) is 0 Å². The molecule has 0 atom stereocenters. The third-order valence-electron chi connectivity index (χ3n) is 3.08. The Labute approximate surface area is 120 Å². The van der Waals surface area contributed by atoms with Crippen molar-refractivity contribution in [3.8, 4) is 5.69 Å². The van der Waals surface area contributed by atoms with Crippen molar-refractivity contribution < 1.29 is 17.9 Å². The Kier molecular flexibility index (Phi) is 4.06. The largest absolute Gasteiger partial charge is 0.504 e. The fourth-order valence-electron chi connectivity index (χ4n) is 2.02. The number of benzene rings is 1. The molecule has 2 aromatic rings. The zero-order chi connectivity index (χ0) is 15.6. The zero-order valence-electron chi connectivity index (χ0n) is 11.9. The number of rotatable bonds is 3. The number of nitrogens with zero attached hydrogens (tertiary/aromatic N) is 2. The molecule has 0 saturated carbocycles. The summed E-state index contributed by atoms with van der Waals surface area (Å²) in [5.74, 6) is 0. The Morgan fingerprint density at radius 1 is 1.24 bits per heavy atom. The lowest BCUT2D eigenvalue weighted by Gasteiger charge is -2.07. The van der Waals surface area contributed by atoms with E-state index in [9.17, 15) is 13.2 Å². The number of allylic oxidation sites excluding steroid dienone is 1. The van der Waals surface area contributed by atoms with E-state index in [1.54, 1.807) is 24.3 Å². The SMILES string of the molecule is COC=C(C)c1cn(-c2ccc(C(F)(F)F)cc2)nc1C. The third-order valence-corrected chi connectivity index (χ3v) is 3.08. The molecule has 3 nitrogen and oxygen atoms in total. The molecule has 0 saturated heterocycles. The molecule has 21 heavy (non-hydrogen) atoms. The van der Waals surface area contributed by atoms with Crippen LogP contribution in [0.25, 0.3) is 11.3 Å². The molecule has 0 radical (unpaired) electrons. The molecule has 2 rings (SSSR count). The third kappa shape index (κ3) is 3.26. The van der Waals surface area contributed by atoms with Gasteiger partial charge in [0.2, 0.25) is 0 Å². The average Bonchev–Trinajstić information content (AvgIpc) is 2.80. The quantitative estimate of drug-likeness (QED) is 0.793. The smallest absolute Gasteiger partial charge is 0.416 e. The number of alkyl halides is 3. The van der Waals surface area contributed by atoms with Gasteiger partial charge in [-0.15, -0.1) is 0 Å². The highest BCUT2D eigenvalue weighted by Gasteiger charge is 2.30. The van der Waals surface area contributed by atoms with Crippen LogP contribution in [0.15, 0.2) is 36.7 Å².